The number of hydrogen-bond acceptors (Lipinski definition) is 3. The van der Waals surface area contributed by atoms with Gasteiger partial charge in [0.25, 0.3) is 0 Å². The smallest absolute Gasteiger partial charge is 0.408 e. The number of halogens is 2. The molecule has 0 bridgehead atoms. The van der Waals surface area contributed by atoms with Crippen molar-refractivity contribution in [2.45, 2.75) is 25.2 Å². The van der Waals surface area contributed by atoms with Crippen molar-refractivity contribution in [3.05, 3.63) is 63.4 Å². The second-order valence-electron chi connectivity index (χ2n) is 6.57. The number of ether oxygens (including phenoxy) is 1. The number of hydrogen-bond donors (Lipinski definition) is 2. The summed E-state index contributed by atoms with van der Waals surface area (Å²) in [6.07, 6.45) is 10.7. The Kier molecular flexibility index (Phi) is 4.05. The average Bonchev–Trinajstić information content (AvgIpc) is 3.32. The van der Waals surface area contributed by atoms with Gasteiger partial charge in [0, 0.05) is 28.7 Å². The molecule has 4 rings (SSSR count). The van der Waals surface area contributed by atoms with E-state index >= 15 is 0 Å². The lowest BCUT2D eigenvalue weighted by atomic mass is 9.80. The summed E-state index contributed by atoms with van der Waals surface area (Å²) in [5.41, 5.74) is 3.42. The predicted molar refractivity (Wildman–Crippen MR) is 99.0 cm³/mol. The fourth-order valence-corrected chi connectivity index (χ4v) is 4.50. The third-order valence-electron chi connectivity index (χ3n) is 5.29. The topological polar surface area (TPSA) is 50.4 Å². The van der Waals surface area contributed by atoms with E-state index in [2.05, 4.69) is 28.9 Å². The van der Waals surface area contributed by atoms with Crippen LogP contribution in [0.5, 0.6) is 5.75 Å². The Morgan fingerprint density at radius 3 is 2.92 bits per heavy atom. The molecule has 2 aliphatic carbocycles. The van der Waals surface area contributed by atoms with Crippen molar-refractivity contribution in [3.63, 3.8) is 0 Å². The SMILES string of the molecule is CNC(=O)Oc1c(Cl)ccc(Cl)c1C1CC12CC=CC1=C2CC=CN1. The molecule has 4 nitrogen and oxygen atoms in total. The van der Waals surface area contributed by atoms with Crippen LogP contribution < -0.4 is 15.4 Å². The number of carbonyl (C=O) groups excluding carboxylic acids is 1. The molecule has 0 saturated heterocycles. The van der Waals surface area contributed by atoms with Gasteiger partial charge in [0.2, 0.25) is 0 Å². The first kappa shape index (κ1) is 16.6. The molecule has 1 amide bonds. The van der Waals surface area contributed by atoms with Gasteiger partial charge in [-0.3, -0.25) is 0 Å². The van der Waals surface area contributed by atoms with E-state index in [0.717, 1.165) is 24.8 Å². The second kappa shape index (κ2) is 6.11. The molecule has 1 fully saturated rings. The van der Waals surface area contributed by atoms with Crippen LogP contribution in [0.15, 0.2) is 47.8 Å². The summed E-state index contributed by atoms with van der Waals surface area (Å²) in [5, 5.41) is 6.77. The lowest BCUT2D eigenvalue weighted by Crippen LogP contribution is -2.23. The van der Waals surface area contributed by atoms with Gasteiger partial charge < -0.3 is 15.4 Å². The molecule has 1 heterocycles. The zero-order valence-corrected chi connectivity index (χ0v) is 15.2. The van der Waals surface area contributed by atoms with Crippen LogP contribution in [0, 0.1) is 5.41 Å². The van der Waals surface area contributed by atoms with Gasteiger partial charge in [0.1, 0.15) is 0 Å². The average molecular weight is 377 g/mol. The van der Waals surface area contributed by atoms with Crippen LogP contribution in [0.25, 0.3) is 0 Å². The minimum atomic E-state index is -0.550. The van der Waals surface area contributed by atoms with Gasteiger partial charge in [-0.1, -0.05) is 35.4 Å². The van der Waals surface area contributed by atoms with Gasteiger partial charge in [-0.25, -0.2) is 4.79 Å². The largest absolute Gasteiger partial charge is 0.412 e. The summed E-state index contributed by atoms with van der Waals surface area (Å²) >= 11 is 12.8. The molecular weight excluding hydrogens is 359 g/mol. The first-order valence-corrected chi connectivity index (χ1v) is 9.01. The van der Waals surface area contributed by atoms with Gasteiger partial charge >= 0.3 is 6.09 Å². The predicted octanol–water partition coefficient (Wildman–Crippen LogP) is 4.91. The van der Waals surface area contributed by atoms with Crippen LogP contribution in [-0.2, 0) is 0 Å². The van der Waals surface area contributed by atoms with E-state index < -0.39 is 6.09 Å². The maximum absolute atomic E-state index is 11.8. The lowest BCUT2D eigenvalue weighted by Gasteiger charge is -2.28. The Balaban J connectivity index is 1.75. The van der Waals surface area contributed by atoms with Crippen molar-refractivity contribution in [1.82, 2.24) is 10.6 Å². The molecule has 2 N–H and O–H groups in total. The fraction of sp³-hybridized carbons (Fsp3) is 0.316. The zero-order chi connectivity index (χ0) is 17.6. The van der Waals surface area contributed by atoms with E-state index in [4.69, 9.17) is 27.9 Å². The van der Waals surface area contributed by atoms with Gasteiger partial charge in [-0.15, -0.1) is 0 Å². The van der Waals surface area contributed by atoms with E-state index in [1.165, 1.54) is 18.3 Å². The van der Waals surface area contributed by atoms with Crippen LogP contribution in [0.1, 0.15) is 30.7 Å². The molecule has 1 aromatic carbocycles. The van der Waals surface area contributed by atoms with Crippen LogP contribution in [0.3, 0.4) is 0 Å². The van der Waals surface area contributed by atoms with Gasteiger partial charge in [-0.05, 0) is 55.2 Å². The van der Waals surface area contributed by atoms with Crippen molar-refractivity contribution in [3.8, 4) is 5.75 Å². The summed E-state index contributed by atoms with van der Waals surface area (Å²) in [4.78, 5) is 11.8. The van der Waals surface area contributed by atoms with Crippen molar-refractivity contribution >= 4 is 29.3 Å². The highest BCUT2D eigenvalue weighted by atomic mass is 35.5. The number of rotatable bonds is 2. The van der Waals surface area contributed by atoms with Crippen LogP contribution in [0.4, 0.5) is 4.79 Å². The van der Waals surface area contributed by atoms with Crippen molar-refractivity contribution in [1.29, 1.82) is 0 Å². The first-order chi connectivity index (χ1) is 12.1. The van der Waals surface area contributed by atoms with Crippen LogP contribution in [0.2, 0.25) is 10.0 Å². The highest BCUT2D eigenvalue weighted by molar-refractivity contribution is 6.35. The molecule has 0 aromatic heterocycles. The third kappa shape index (κ3) is 2.64. The number of allylic oxidation sites excluding steroid dienone is 4. The van der Waals surface area contributed by atoms with Gasteiger partial charge in [0.15, 0.2) is 5.75 Å². The van der Waals surface area contributed by atoms with E-state index in [1.54, 1.807) is 12.1 Å². The van der Waals surface area contributed by atoms with E-state index in [-0.39, 0.29) is 11.3 Å². The fourth-order valence-electron chi connectivity index (χ4n) is 4.02. The molecule has 25 heavy (non-hydrogen) atoms. The number of fused-ring (bicyclic) bond motifs is 1. The minimum absolute atomic E-state index is 0.0248. The molecule has 0 radical (unpaired) electrons. The normalized spacial score (nSPS) is 26.3. The van der Waals surface area contributed by atoms with Crippen LogP contribution >= 0.6 is 23.2 Å². The number of amides is 1. The minimum Gasteiger partial charge on any atom is -0.408 e. The summed E-state index contributed by atoms with van der Waals surface area (Å²) in [6.45, 7) is 0. The van der Waals surface area contributed by atoms with E-state index in [1.807, 2.05) is 6.20 Å². The molecule has 1 aliphatic heterocycles. The Labute approximate surface area is 156 Å². The molecule has 1 spiro atoms. The second-order valence-corrected chi connectivity index (χ2v) is 7.39. The number of benzene rings is 1. The molecule has 2 atom stereocenters. The van der Waals surface area contributed by atoms with Crippen LogP contribution in [-0.4, -0.2) is 13.1 Å². The number of nitrogens with one attached hydrogen (secondary N) is 2. The summed E-state index contributed by atoms with van der Waals surface area (Å²) in [7, 11) is 1.52. The monoisotopic (exact) mass is 376 g/mol. The Morgan fingerprint density at radius 1 is 1.32 bits per heavy atom. The quantitative estimate of drug-likeness (QED) is 0.770. The summed E-state index contributed by atoms with van der Waals surface area (Å²) in [5.74, 6) is 0.549. The highest BCUT2D eigenvalue weighted by Crippen LogP contribution is 2.70. The lowest BCUT2D eigenvalue weighted by molar-refractivity contribution is 0.202. The molecule has 130 valence electrons. The Morgan fingerprint density at radius 2 is 2.12 bits per heavy atom. The maximum atomic E-state index is 11.8. The Hall–Kier alpha value is -1.91. The van der Waals surface area contributed by atoms with Crippen molar-refractivity contribution in [2.75, 3.05) is 7.05 Å². The molecule has 1 aromatic rings. The third-order valence-corrected chi connectivity index (χ3v) is 5.92. The standard InChI is InChI=1S/C19H18Cl2N2O2/c1-22-18(24)25-17-14(21)7-6-13(20)16(17)12-10-19(12)8-2-5-15-11(19)4-3-9-23-15/h2-3,5-7,9,12,23H,4,8,10H2,1H3,(H,22,24). The van der Waals surface area contributed by atoms with Crippen molar-refractivity contribution in [2.24, 2.45) is 5.41 Å². The molecule has 6 heteroatoms. The highest BCUT2D eigenvalue weighted by Gasteiger charge is 2.59. The number of carbonyl (C=O) groups is 1. The zero-order valence-electron chi connectivity index (χ0n) is 13.7. The van der Waals surface area contributed by atoms with Crippen molar-refractivity contribution < 1.29 is 9.53 Å². The summed E-state index contributed by atoms with van der Waals surface area (Å²) < 4.78 is 5.45. The van der Waals surface area contributed by atoms with E-state index in [0.29, 0.717) is 15.8 Å². The van der Waals surface area contributed by atoms with Gasteiger partial charge in [-0.2, -0.15) is 0 Å². The maximum Gasteiger partial charge on any atom is 0.412 e. The van der Waals surface area contributed by atoms with E-state index in [9.17, 15) is 4.79 Å². The molecular formula is C19H18Cl2N2O2. The van der Waals surface area contributed by atoms with Gasteiger partial charge in [0.05, 0.1) is 5.02 Å². The molecule has 2 unspecified atom stereocenters. The number of dihydropyridines is 1. The molecule has 3 aliphatic rings. The first-order valence-electron chi connectivity index (χ1n) is 8.26. The molecule has 1 saturated carbocycles. The summed E-state index contributed by atoms with van der Waals surface area (Å²) in [6, 6.07) is 3.44. The Bertz CT molecular complexity index is 844.